The van der Waals surface area contributed by atoms with Crippen molar-refractivity contribution in [3.63, 3.8) is 0 Å². The highest BCUT2D eigenvalue weighted by molar-refractivity contribution is 7.18. The Morgan fingerprint density at radius 3 is 2.61 bits per heavy atom. The molecule has 3 rings (SSSR count). The molecule has 2 heterocycles. The van der Waals surface area contributed by atoms with Gasteiger partial charge < -0.3 is 4.90 Å². The maximum absolute atomic E-state index is 12.1. The fraction of sp³-hybridized carbons (Fsp3) is 0.400. The normalized spacial score (nSPS) is 16.4. The van der Waals surface area contributed by atoms with Crippen LogP contribution in [0.4, 0.5) is 5.13 Å². The number of hydrogen-bond acceptors (Lipinski definition) is 6. The average Bonchev–Trinajstić information content (AvgIpc) is 2.98. The molecule has 0 saturated carbocycles. The van der Waals surface area contributed by atoms with Crippen molar-refractivity contribution < 1.29 is 4.79 Å². The molecule has 1 aliphatic rings. The molecular formula is C15H18ClN5OS. The molecule has 2 aromatic rings. The van der Waals surface area contributed by atoms with Crippen LogP contribution in [0.5, 0.6) is 0 Å². The number of amides is 1. The summed E-state index contributed by atoms with van der Waals surface area (Å²) < 4.78 is 0. The number of anilines is 1. The number of nitrogens with one attached hydrogen (secondary N) is 1. The Morgan fingerprint density at radius 1 is 1.22 bits per heavy atom. The molecule has 1 amide bonds. The summed E-state index contributed by atoms with van der Waals surface area (Å²) in [6.45, 7) is 4.20. The van der Waals surface area contributed by atoms with Crippen molar-refractivity contribution in [3.05, 3.63) is 29.3 Å². The molecule has 1 aromatic carbocycles. The second-order valence-electron chi connectivity index (χ2n) is 5.55. The minimum atomic E-state index is -0.0478. The van der Waals surface area contributed by atoms with Crippen LogP contribution in [0.15, 0.2) is 24.3 Å². The summed E-state index contributed by atoms with van der Waals surface area (Å²) >= 11 is 7.24. The predicted molar refractivity (Wildman–Crippen MR) is 92.9 cm³/mol. The van der Waals surface area contributed by atoms with Gasteiger partial charge in [-0.05, 0) is 19.2 Å². The second kappa shape index (κ2) is 7.35. The number of piperazine rings is 1. The summed E-state index contributed by atoms with van der Waals surface area (Å²) in [6.07, 6.45) is 0. The van der Waals surface area contributed by atoms with Crippen LogP contribution in [0.2, 0.25) is 5.02 Å². The van der Waals surface area contributed by atoms with Gasteiger partial charge in [0, 0.05) is 36.8 Å². The molecule has 0 radical (unpaired) electrons. The first-order valence-electron chi connectivity index (χ1n) is 7.40. The molecule has 1 saturated heterocycles. The first-order chi connectivity index (χ1) is 11.1. The molecule has 0 bridgehead atoms. The molecule has 1 aliphatic heterocycles. The third-order valence-corrected chi connectivity index (χ3v) is 4.87. The van der Waals surface area contributed by atoms with E-state index in [9.17, 15) is 4.79 Å². The van der Waals surface area contributed by atoms with Crippen LogP contribution in [0.3, 0.4) is 0 Å². The standard InChI is InChI=1S/C15H18ClN5OS/c1-20-6-8-21(9-7-20)10-13(22)17-15-19-18-14(23-15)11-2-4-12(16)5-3-11/h2-5H,6-10H2,1H3,(H,17,19,22). The highest BCUT2D eigenvalue weighted by Crippen LogP contribution is 2.27. The topological polar surface area (TPSA) is 61.4 Å². The number of aromatic nitrogens is 2. The first kappa shape index (κ1) is 16.3. The van der Waals surface area contributed by atoms with Crippen molar-refractivity contribution in [3.8, 4) is 10.6 Å². The lowest BCUT2D eigenvalue weighted by Crippen LogP contribution is -2.47. The van der Waals surface area contributed by atoms with Gasteiger partial charge in [-0.2, -0.15) is 0 Å². The average molecular weight is 352 g/mol. The zero-order valence-corrected chi connectivity index (χ0v) is 14.4. The quantitative estimate of drug-likeness (QED) is 0.913. The predicted octanol–water partition coefficient (Wildman–Crippen LogP) is 2.04. The van der Waals surface area contributed by atoms with Crippen LogP contribution < -0.4 is 5.32 Å². The van der Waals surface area contributed by atoms with E-state index in [1.54, 1.807) is 0 Å². The lowest BCUT2D eigenvalue weighted by molar-refractivity contribution is -0.117. The maximum atomic E-state index is 12.1. The summed E-state index contributed by atoms with van der Waals surface area (Å²) in [5.41, 5.74) is 0.937. The van der Waals surface area contributed by atoms with Crippen LogP contribution in [-0.2, 0) is 4.79 Å². The van der Waals surface area contributed by atoms with Gasteiger partial charge in [0.15, 0.2) is 0 Å². The van der Waals surface area contributed by atoms with Crippen LogP contribution in [-0.4, -0.2) is 65.7 Å². The fourth-order valence-corrected chi connectivity index (χ4v) is 3.24. The van der Waals surface area contributed by atoms with Crippen LogP contribution in [0, 0.1) is 0 Å². The minimum Gasteiger partial charge on any atom is -0.304 e. The molecule has 0 atom stereocenters. The van der Waals surface area contributed by atoms with E-state index in [1.807, 2.05) is 24.3 Å². The Labute approximate surface area is 144 Å². The van der Waals surface area contributed by atoms with Gasteiger partial charge in [0.1, 0.15) is 5.01 Å². The van der Waals surface area contributed by atoms with E-state index in [0.29, 0.717) is 16.7 Å². The van der Waals surface area contributed by atoms with Gasteiger partial charge in [-0.1, -0.05) is 35.1 Å². The van der Waals surface area contributed by atoms with Crippen molar-refractivity contribution in [2.75, 3.05) is 45.1 Å². The second-order valence-corrected chi connectivity index (χ2v) is 6.96. The number of halogens is 1. The van der Waals surface area contributed by atoms with Crippen LogP contribution in [0.1, 0.15) is 0 Å². The monoisotopic (exact) mass is 351 g/mol. The molecule has 0 spiro atoms. The molecule has 6 nitrogen and oxygen atoms in total. The number of hydrogen-bond donors (Lipinski definition) is 1. The lowest BCUT2D eigenvalue weighted by Gasteiger charge is -2.31. The summed E-state index contributed by atoms with van der Waals surface area (Å²) in [5.74, 6) is -0.0478. The molecule has 0 aliphatic carbocycles. The Kier molecular flexibility index (Phi) is 5.22. The molecule has 8 heteroatoms. The van der Waals surface area contributed by atoms with E-state index in [1.165, 1.54) is 11.3 Å². The van der Waals surface area contributed by atoms with Gasteiger partial charge in [-0.25, -0.2) is 0 Å². The first-order valence-corrected chi connectivity index (χ1v) is 8.60. The maximum Gasteiger partial charge on any atom is 0.240 e. The van der Waals surface area contributed by atoms with E-state index < -0.39 is 0 Å². The summed E-state index contributed by atoms with van der Waals surface area (Å²) in [7, 11) is 2.09. The molecule has 122 valence electrons. The molecule has 1 fully saturated rings. The van der Waals surface area contributed by atoms with E-state index in [4.69, 9.17) is 11.6 Å². The largest absolute Gasteiger partial charge is 0.304 e. The minimum absolute atomic E-state index is 0.0478. The van der Waals surface area contributed by atoms with Gasteiger partial charge >= 0.3 is 0 Å². The number of nitrogens with zero attached hydrogens (tertiary/aromatic N) is 4. The molecule has 0 unspecified atom stereocenters. The Bertz CT molecular complexity index is 667. The number of carbonyl (C=O) groups excluding carboxylic acids is 1. The number of likely N-dealkylation sites (N-methyl/N-ethyl adjacent to an activating group) is 1. The molecule has 1 aromatic heterocycles. The van der Waals surface area contributed by atoms with Crippen LogP contribution >= 0.6 is 22.9 Å². The molecular weight excluding hydrogens is 334 g/mol. The van der Waals surface area contributed by atoms with Crippen LogP contribution in [0.25, 0.3) is 10.6 Å². The highest BCUT2D eigenvalue weighted by Gasteiger charge is 2.17. The molecule has 23 heavy (non-hydrogen) atoms. The van der Waals surface area contributed by atoms with Crippen molar-refractivity contribution in [2.24, 2.45) is 0 Å². The van der Waals surface area contributed by atoms with Gasteiger partial charge in [-0.15, -0.1) is 10.2 Å². The van der Waals surface area contributed by atoms with E-state index >= 15 is 0 Å². The SMILES string of the molecule is CN1CCN(CC(=O)Nc2nnc(-c3ccc(Cl)cc3)s2)CC1. The van der Waals surface area contributed by atoms with Gasteiger partial charge in [-0.3, -0.25) is 15.0 Å². The summed E-state index contributed by atoms with van der Waals surface area (Å²) in [4.78, 5) is 16.5. The van der Waals surface area contributed by atoms with E-state index in [0.717, 1.165) is 36.8 Å². The Hall–Kier alpha value is -1.54. The number of benzene rings is 1. The van der Waals surface area contributed by atoms with Gasteiger partial charge in [0.05, 0.1) is 6.54 Å². The third-order valence-electron chi connectivity index (χ3n) is 3.73. The van der Waals surface area contributed by atoms with Crippen molar-refractivity contribution in [1.82, 2.24) is 20.0 Å². The Morgan fingerprint density at radius 2 is 1.91 bits per heavy atom. The molecule has 1 N–H and O–H groups in total. The zero-order valence-electron chi connectivity index (χ0n) is 12.8. The highest BCUT2D eigenvalue weighted by atomic mass is 35.5. The summed E-state index contributed by atoms with van der Waals surface area (Å²) in [6, 6.07) is 7.39. The number of rotatable bonds is 4. The fourth-order valence-electron chi connectivity index (χ4n) is 2.35. The van der Waals surface area contributed by atoms with Gasteiger partial charge in [0.25, 0.3) is 0 Å². The van der Waals surface area contributed by atoms with E-state index in [-0.39, 0.29) is 5.91 Å². The third kappa shape index (κ3) is 4.48. The zero-order chi connectivity index (χ0) is 16.2. The Balaban J connectivity index is 1.56. The van der Waals surface area contributed by atoms with Gasteiger partial charge in [0.2, 0.25) is 11.0 Å². The smallest absolute Gasteiger partial charge is 0.240 e. The number of carbonyl (C=O) groups is 1. The van der Waals surface area contributed by atoms with E-state index in [2.05, 4.69) is 32.4 Å². The van der Waals surface area contributed by atoms with Crippen molar-refractivity contribution >= 4 is 34.0 Å². The lowest BCUT2D eigenvalue weighted by atomic mass is 10.2. The van der Waals surface area contributed by atoms with Crippen molar-refractivity contribution in [1.29, 1.82) is 0 Å². The van der Waals surface area contributed by atoms with Crippen molar-refractivity contribution in [2.45, 2.75) is 0 Å². The summed E-state index contributed by atoms with van der Waals surface area (Å²) in [5, 5.41) is 12.9.